The lowest BCUT2D eigenvalue weighted by Crippen LogP contribution is -2.41. The van der Waals surface area contributed by atoms with Gasteiger partial charge in [0.25, 0.3) is 5.91 Å². The first-order chi connectivity index (χ1) is 19.1. The molecule has 0 aliphatic rings. The molecular weight excluding hydrogens is 518 g/mol. The van der Waals surface area contributed by atoms with E-state index >= 15 is 0 Å². The SMILES string of the molecule is CSCC[C@H](NC(=O)c1ccc(OCC=C(C)CCC=C(C)CCC=C(C)C)cc1-c1ccccc1C)C(=O)O. The van der Waals surface area contributed by atoms with Gasteiger partial charge < -0.3 is 15.2 Å². The molecule has 0 heterocycles. The van der Waals surface area contributed by atoms with Crippen molar-refractivity contribution in [3.05, 3.63) is 88.5 Å². The van der Waals surface area contributed by atoms with E-state index in [9.17, 15) is 14.7 Å². The largest absolute Gasteiger partial charge is 0.490 e. The van der Waals surface area contributed by atoms with Crippen LogP contribution in [0, 0.1) is 6.92 Å². The number of carbonyl (C=O) groups excluding carboxylic acids is 1. The number of thioether (sulfide) groups is 1. The Kier molecular flexibility index (Phi) is 14.4. The van der Waals surface area contributed by atoms with Gasteiger partial charge in [-0.3, -0.25) is 4.79 Å². The Labute approximate surface area is 244 Å². The zero-order valence-corrected chi connectivity index (χ0v) is 25.7. The predicted molar refractivity (Wildman–Crippen MR) is 169 cm³/mol. The van der Waals surface area contributed by atoms with Gasteiger partial charge in [0, 0.05) is 5.56 Å². The Morgan fingerprint density at radius 1 is 0.950 bits per heavy atom. The van der Waals surface area contributed by atoms with Crippen molar-refractivity contribution >= 4 is 23.6 Å². The minimum absolute atomic E-state index is 0.361. The van der Waals surface area contributed by atoms with Gasteiger partial charge in [-0.25, -0.2) is 4.79 Å². The van der Waals surface area contributed by atoms with Crippen LogP contribution in [-0.4, -0.2) is 41.6 Å². The number of benzene rings is 2. The van der Waals surface area contributed by atoms with Crippen LogP contribution in [0.1, 0.15) is 75.7 Å². The highest BCUT2D eigenvalue weighted by Gasteiger charge is 2.23. The summed E-state index contributed by atoms with van der Waals surface area (Å²) in [5, 5.41) is 12.3. The number of rotatable bonds is 16. The number of carboxylic acids is 1. The summed E-state index contributed by atoms with van der Waals surface area (Å²) in [5.41, 5.74) is 7.14. The molecule has 0 spiro atoms. The third-order valence-electron chi connectivity index (χ3n) is 6.69. The van der Waals surface area contributed by atoms with Gasteiger partial charge in [-0.2, -0.15) is 11.8 Å². The summed E-state index contributed by atoms with van der Waals surface area (Å²) in [6, 6.07) is 12.3. The lowest BCUT2D eigenvalue weighted by molar-refractivity contribution is -0.139. The zero-order valence-electron chi connectivity index (χ0n) is 24.9. The lowest BCUT2D eigenvalue weighted by Gasteiger charge is -2.17. The van der Waals surface area contributed by atoms with Gasteiger partial charge in [-0.05, 0) is 120 Å². The van der Waals surface area contributed by atoms with Crippen molar-refractivity contribution < 1.29 is 19.4 Å². The highest BCUT2D eigenvalue weighted by atomic mass is 32.2. The van der Waals surface area contributed by atoms with Gasteiger partial charge in [-0.15, -0.1) is 0 Å². The molecule has 0 radical (unpaired) electrons. The molecule has 0 saturated carbocycles. The van der Waals surface area contributed by atoms with Crippen molar-refractivity contribution in [1.29, 1.82) is 0 Å². The van der Waals surface area contributed by atoms with Crippen LogP contribution in [0.25, 0.3) is 11.1 Å². The highest BCUT2D eigenvalue weighted by molar-refractivity contribution is 7.98. The Morgan fingerprint density at radius 2 is 1.62 bits per heavy atom. The van der Waals surface area contributed by atoms with E-state index < -0.39 is 17.9 Å². The zero-order chi connectivity index (χ0) is 29.5. The second kappa shape index (κ2) is 17.4. The van der Waals surface area contributed by atoms with Crippen LogP contribution in [0.4, 0.5) is 0 Å². The molecule has 216 valence electrons. The third-order valence-corrected chi connectivity index (χ3v) is 7.33. The Hall–Kier alpha value is -3.25. The van der Waals surface area contributed by atoms with Crippen LogP contribution in [0.5, 0.6) is 5.75 Å². The van der Waals surface area contributed by atoms with Crippen LogP contribution in [-0.2, 0) is 4.79 Å². The molecule has 1 amide bonds. The molecule has 0 bridgehead atoms. The Balaban J connectivity index is 2.13. The van der Waals surface area contributed by atoms with E-state index in [-0.39, 0.29) is 0 Å². The summed E-state index contributed by atoms with van der Waals surface area (Å²) < 4.78 is 6.06. The average Bonchev–Trinajstić information content (AvgIpc) is 2.90. The van der Waals surface area contributed by atoms with Crippen molar-refractivity contribution in [1.82, 2.24) is 5.32 Å². The molecule has 2 aromatic carbocycles. The van der Waals surface area contributed by atoms with E-state index in [2.05, 4.69) is 51.2 Å². The molecule has 2 N–H and O–H groups in total. The van der Waals surface area contributed by atoms with Gasteiger partial charge in [0.2, 0.25) is 0 Å². The molecule has 0 unspecified atom stereocenters. The van der Waals surface area contributed by atoms with Gasteiger partial charge >= 0.3 is 5.97 Å². The van der Waals surface area contributed by atoms with E-state index in [4.69, 9.17) is 4.74 Å². The van der Waals surface area contributed by atoms with Crippen molar-refractivity contribution in [3.63, 3.8) is 0 Å². The minimum Gasteiger partial charge on any atom is -0.490 e. The number of carboxylic acid groups (broad SMARTS) is 1. The smallest absolute Gasteiger partial charge is 0.326 e. The normalized spacial score (nSPS) is 12.6. The topological polar surface area (TPSA) is 75.6 Å². The standard InChI is InChI=1S/C34H45NO4S/c1-24(2)11-9-12-25(3)13-10-14-26(4)19-21-39-28-17-18-30(31(23-28)29-16-8-7-15-27(29)5)33(36)35-32(34(37)38)20-22-40-6/h7-8,11,13,15-19,23,32H,9-10,12,14,20-22H2,1-6H3,(H,35,36)(H,37,38)/t32-/m0/s1. The first-order valence-corrected chi connectivity index (χ1v) is 15.3. The number of aryl methyl sites for hydroxylation is 1. The number of carbonyl (C=O) groups is 2. The summed E-state index contributed by atoms with van der Waals surface area (Å²) in [7, 11) is 0. The van der Waals surface area contributed by atoms with E-state index in [1.807, 2.05) is 43.5 Å². The van der Waals surface area contributed by atoms with E-state index in [0.29, 0.717) is 30.1 Å². The maximum absolute atomic E-state index is 13.2. The fourth-order valence-corrected chi connectivity index (χ4v) is 4.73. The van der Waals surface area contributed by atoms with Crippen LogP contribution >= 0.6 is 11.8 Å². The maximum atomic E-state index is 13.2. The summed E-state index contributed by atoms with van der Waals surface area (Å²) in [6.07, 6.45) is 13.2. The van der Waals surface area contributed by atoms with E-state index in [1.165, 1.54) is 16.7 Å². The van der Waals surface area contributed by atoms with E-state index in [1.54, 1.807) is 23.9 Å². The van der Waals surface area contributed by atoms with Gasteiger partial charge in [-0.1, -0.05) is 53.1 Å². The molecule has 0 aliphatic carbocycles. The molecule has 2 aromatic rings. The van der Waals surface area contributed by atoms with Crippen LogP contribution < -0.4 is 10.1 Å². The molecule has 2 rings (SSSR count). The highest BCUT2D eigenvalue weighted by Crippen LogP contribution is 2.31. The quantitative estimate of drug-likeness (QED) is 0.201. The average molecular weight is 564 g/mol. The van der Waals surface area contributed by atoms with Crippen LogP contribution in [0.3, 0.4) is 0 Å². The number of hydrogen-bond donors (Lipinski definition) is 2. The Morgan fingerprint density at radius 3 is 2.27 bits per heavy atom. The molecule has 1 atom stereocenters. The molecule has 0 saturated heterocycles. The minimum atomic E-state index is -1.03. The molecule has 0 aromatic heterocycles. The molecular formula is C34H45NO4S. The molecule has 40 heavy (non-hydrogen) atoms. The fraction of sp³-hybridized carbons (Fsp3) is 0.412. The number of hydrogen-bond acceptors (Lipinski definition) is 4. The van der Waals surface area contributed by atoms with Crippen molar-refractivity contribution in [2.75, 3.05) is 18.6 Å². The van der Waals surface area contributed by atoms with Gasteiger partial charge in [0.15, 0.2) is 0 Å². The maximum Gasteiger partial charge on any atom is 0.326 e. The van der Waals surface area contributed by atoms with Gasteiger partial charge in [0.1, 0.15) is 18.4 Å². The number of amides is 1. The number of nitrogens with one attached hydrogen (secondary N) is 1. The van der Waals surface area contributed by atoms with Crippen molar-refractivity contribution in [2.45, 2.75) is 72.8 Å². The monoisotopic (exact) mass is 563 g/mol. The van der Waals surface area contributed by atoms with Gasteiger partial charge in [0.05, 0.1) is 0 Å². The van der Waals surface area contributed by atoms with E-state index in [0.717, 1.165) is 42.4 Å². The van der Waals surface area contributed by atoms with Crippen LogP contribution in [0.2, 0.25) is 0 Å². The first kappa shape index (κ1) is 33.0. The lowest BCUT2D eigenvalue weighted by atomic mass is 9.95. The van der Waals surface area contributed by atoms with Crippen molar-refractivity contribution in [2.24, 2.45) is 0 Å². The fourth-order valence-electron chi connectivity index (χ4n) is 4.26. The summed E-state index contributed by atoms with van der Waals surface area (Å²) in [4.78, 5) is 25.0. The van der Waals surface area contributed by atoms with Crippen molar-refractivity contribution in [3.8, 4) is 16.9 Å². The summed E-state index contributed by atoms with van der Waals surface area (Å²) in [5.74, 6) is -0.131. The molecule has 5 nitrogen and oxygen atoms in total. The molecule has 0 aliphatic heterocycles. The summed E-state index contributed by atoms with van der Waals surface area (Å²) >= 11 is 1.55. The number of allylic oxidation sites excluding steroid dienone is 5. The number of aliphatic carboxylic acids is 1. The predicted octanol–water partition coefficient (Wildman–Crippen LogP) is 8.40. The first-order valence-electron chi connectivity index (χ1n) is 13.9. The number of ether oxygens (including phenoxy) is 1. The summed E-state index contributed by atoms with van der Waals surface area (Å²) in [6.45, 7) is 11.0. The third kappa shape index (κ3) is 11.5. The second-order valence-electron chi connectivity index (χ2n) is 10.4. The Bertz CT molecular complexity index is 1220. The van der Waals surface area contributed by atoms with Crippen LogP contribution in [0.15, 0.2) is 77.4 Å². The molecule has 0 fully saturated rings. The molecule has 6 heteroatoms. The second-order valence-corrected chi connectivity index (χ2v) is 11.4.